The lowest BCUT2D eigenvalue weighted by Gasteiger charge is -2.12. The van der Waals surface area contributed by atoms with Crippen LogP contribution in [-0.2, 0) is 11.2 Å². The zero-order chi connectivity index (χ0) is 12.1. The van der Waals surface area contributed by atoms with Crippen LogP contribution in [0.5, 0.6) is 0 Å². The van der Waals surface area contributed by atoms with Crippen LogP contribution in [0.15, 0.2) is 12.3 Å². The maximum atomic E-state index is 11.6. The molecule has 0 fully saturated rings. The van der Waals surface area contributed by atoms with Gasteiger partial charge >= 0.3 is 0 Å². The minimum Gasteiger partial charge on any atom is -0.299 e. The first-order chi connectivity index (χ1) is 7.58. The molecule has 0 aromatic carbocycles. The molecular weight excluding hydrogens is 200 g/mol. The molecule has 0 bridgehead atoms. The van der Waals surface area contributed by atoms with Crippen molar-refractivity contribution in [1.29, 1.82) is 0 Å². The molecule has 0 saturated heterocycles. The van der Waals surface area contributed by atoms with E-state index >= 15 is 0 Å². The summed E-state index contributed by atoms with van der Waals surface area (Å²) in [5, 5.41) is 4.47. The number of nitrogens with zero attached hydrogens (tertiary/aromatic N) is 2. The number of Topliss-reactive ketones (excluding diaryl/α,β-unsaturated/α-hetero) is 1. The van der Waals surface area contributed by atoms with Gasteiger partial charge in [0.05, 0.1) is 18.2 Å². The van der Waals surface area contributed by atoms with Gasteiger partial charge in [-0.05, 0) is 18.9 Å². The standard InChI is InChI=1S/C13H22N2O/c1-5-12(6-2)15-8-7-11(14-15)9-13(16)10(3)4/h7-8,10,12H,5-6,9H2,1-4H3. The van der Waals surface area contributed by atoms with Crippen LogP contribution in [0.2, 0.25) is 0 Å². The predicted molar refractivity (Wildman–Crippen MR) is 65.4 cm³/mol. The second-order valence-electron chi connectivity index (χ2n) is 4.56. The summed E-state index contributed by atoms with van der Waals surface area (Å²) in [4.78, 5) is 11.6. The van der Waals surface area contributed by atoms with Crippen molar-refractivity contribution in [3.05, 3.63) is 18.0 Å². The first kappa shape index (κ1) is 12.9. The molecule has 0 aliphatic heterocycles. The smallest absolute Gasteiger partial charge is 0.141 e. The Hall–Kier alpha value is -1.12. The van der Waals surface area contributed by atoms with Crippen LogP contribution < -0.4 is 0 Å². The fraction of sp³-hybridized carbons (Fsp3) is 0.692. The minimum absolute atomic E-state index is 0.0956. The van der Waals surface area contributed by atoms with E-state index in [1.165, 1.54) is 0 Å². The molecule has 3 nitrogen and oxygen atoms in total. The van der Waals surface area contributed by atoms with Crippen LogP contribution >= 0.6 is 0 Å². The molecule has 1 aromatic heterocycles. The summed E-state index contributed by atoms with van der Waals surface area (Å²) in [6.07, 6.45) is 4.61. The van der Waals surface area contributed by atoms with Gasteiger partial charge < -0.3 is 0 Å². The van der Waals surface area contributed by atoms with Crippen molar-refractivity contribution in [1.82, 2.24) is 9.78 Å². The summed E-state index contributed by atoms with van der Waals surface area (Å²) in [5.41, 5.74) is 0.894. The van der Waals surface area contributed by atoms with Crippen molar-refractivity contribution in [2.45, 2.75) is 53.0 Å². The number of aromatic nitrogens is 2. The van der Waals surface area contributed by atoms with E-state index in [1.807, 2.05) is 30.8 Å². The fourth-order valence-electron chi connectivity index (χ4n) is 1.72. The van der Waals surface area contributed by atoms with Crippen LogP contribution in [0.1, 0.15) is 52.3 Å². The first-order valence-electron chi connectivity index (χ1n) is 6.15. The number of hydrogen-bond donors (Lipinski definition) is 0. The van der Waals surface area contributed by atoms with Gasteiger partial charge in [0.25, 0.3) is 0 Å². The number of carbonyl (C=O) groups is 1. The normalized spacial score (nSPS) is 11.4. The van der Waals surface area contributed by atoms with Gasteiger partial charge in [-0.1, -0.05) is 27.7 Å². The molecule has 0 unspecified atom stereocenters. The number of rotatable bonds is 6. The Morgan fingerprint density at radius 3 is 2.50 bits per heavy atom. The average Bonchev–Trinajstić information content (AvgIpc) is 2.68. The summed E-state index contributed by atoms with van der Waals surface area (Å²) in [6, 6.07) is 2.42. The van der Waals surface area contributed by atoms with Crippen LogP contribution in [0, 0.1) is 5.92 Å². The van der Waals surface area contributed by atoms with Crippen molar-refractivity contribution >= 4 is 5.78 Å². The molecule has 0 atom stereocenters. The van der Waals surface area contributed by atoms with Crippen molar-refractivity contribution in [2.24, 2.45) is 5.92 Å². The van der Waals surface area contributed by atoms with E-state index in [0.717, 1.165) is 18.5 Å². The van der Waals surface area contributed by atoms with Crippen molar-refractivity contribution < 1.29 is 4.79 Å². The first-order valence-corrected chi connectivity index (χ1v) is 6.15. The largest absolute Gasteiger partial charge is 0.299 e. The van der Waals surface area contributed by atoms with Crippen LogP contribution in [-0.4, -0.2) is 15.6 Å². The van der Waals surface area contributed by atoms with E-state index in [0.29, 0.717) is 12.5 Å². The van der Waals surface area contributed by atoms with Gasteiger partial charge in [0.1, 0.15) is 5.78 Å². The molecular formula is C13H22N2O. The molecule has 0 radical (unpaired) electrons. The number of carbonyl (C=O) groups excluding carboxylic acids is 1. The summed E-state index contributed by atoms with van der Waals surface area (Å²) in [7, 11) is 0. The van der Waals surface area contributed by atoms with Gasteiger partial charge in [0.15, 0.2) is 0 Å². The molecule has 0 saturated carbocycles. The second kappa shape index (κ2) is 5.83. The monoisotopic (exact) mass is 222 g/mol. The maximum absolute atomic E-state index is 11.6. The third-order valence-electron chi connectivity index (χ3n) is 2.98. The molecule has 16 heavy (non-hydrogen) atoms. The Morgan fingerprint density at radius 2 is 2.00 bits per heavy atom. The van der Waals surface area contributed by atoms with Gasteiger partial charge in [-0.25, -0.2) is 0 Å². The highest BCUT2D eigenvalue weighted by molar-refractivity contribution is 5.82. The summed E-state index contributed by atoms with van der Waals surface area (Å²) in [5.74, 6) is 0.355. The minimum atomic E-state index is 0.0956. The van der Waals surface area contributed by atoms with Gasteiger partial charge in [-0.3, -0.25) is 9.48 Å². The highest BCUT2D eigenvalue weighted by Crippen LogP contribution is 2.15. The van der Waals surface area contributed by atoms with E-state index in [9.17, 15) is 4.79 Å². The Labute approximate surface area is 97.8 Å². The highest BCUT2D eigenvalue weighted by Gasteiger charge is 2.12. The van der Waals surface area contributed by atoms with E-state index in [-0.39, 0.29) is 11.7 Å². The third-order valence-corrected chi connectivity index (χ3v) is 2.98. The van der Waals surface area contributed by atoms with Crippen molar-refractivity contribution in [2.75, 3.05) is 0 Å². The SMILES string of the molecule is CCC(CC)n1ccc(CC(=O)C(C)C)n1. The maximum Gasteiger partial charge on any atom is 0.141 e. The number of ketones is 1. The summed E-state index contributed by atoms with van der Waals surface area (Å²) in [6.45, 7) is 8.18. The Bertz CT molecular complexity index is 337. The van der Waals surface area contributed by atoms with E-state index in [4.69, 9.17) is 0 Å². The zero-order valence-electron chi connectivity index (χ0n) is 10.7. The lowest BCUT2D eigenvalue weighted by Crippen LogP contribution is -2.12. The van der Waals surface area contributed by atoms with Crippen LogP contribution in [0.3, 0.4) is 0 Å². The third kappa shape index (κ3) is 3.19. The van der Waals surface area contributed by atoms with Crippen molar-refractivity contribution in [3.63, 3.8) is 0 Å². The fourth-order valence-corrected chi connectivity index (χ4v) is 1.72. The molecule has 0 amide bonds. The van der Waals surface area contributed by atoms with Crippen molar-refractivity contribution in [3.8, 4) is 0 Å². The quantitative estimate of drug-likeness (QED) is 0.741. The molecule has 0 spiro atoms. The molecule has 0 aliphatic rings. The lowest BCUT2D eigenvalue weighted by atomic mass is 10.1. The molecule has 0 aliphatic carbocycles. The average molecular weight is 222 g/mol. The van der Waals surface area contributed by atoms with Gasteiger partial charge in [0, 0.05) is 12.1 Å². The predicted octanol–water partition coefficient (Wildman–Crippen LogP) is 3.01. The summed E-state index contributed by atoms with van der Waals surface area (Å²) < 4.78 is 1.99. The molecule has 3 heteroatoms. The topological polar surface area (TPSA) is 34.9 Å². The highest BCUT2D eigenvalue weighted by atomic mass is 16.1. The zero-order valence-corrected chi connectivity index (χ0v) is 10.7. The van der Waals surface area contributed by atoms with E-state index in [1.54, 1.807) is 0 Å². The summed E-state index contributed by atoms with van der Waals surface area (Å²) >= 11 is 0. The van der Waals surface area contributed by atoms with E-state index in [2.05, 4.69) is 18.9 Å². The molecule has 1 aromatic rings. The van der Waals surface area contributed by atoms with E-state index < -0.39 is 0 Å². The molecule has 90 valence electrons. The van der Waals surface area contributed by atoms with Crippen LogP contribution in [0.4, 0.5) is 0 Å². The Kier molecular flexibility index (Phi) is 4.71. The molecule has 1 rings (SSSR count). The van der Waals surface area contributed by atoms with Gasteiger partial charge in [0.2, 0.25) is 0 Å². The lowest BCUT2D eigenvalue weighted by molar-refractivity contribution is -0.121. The number of hydrogen-bond acceptors (Lipinski definition) is 2. The van der Waals surface area contributed by atoms with Gasteiger partial charge in [-0.15, -0.1) is 0 Å². The Morgan fingerprint density at radius 1 is 1.38 bits per heavy atom. The molecule has 0 N–H and O–H groups in total. The van der Waals surface area contributed by atoms with Crippen LogP contribution in [0.25, 0.3) is 0 Å². The second-order valence-corrected chi connectivity index (χ2v) is 4.56. The van der Waals surface area contributed by atoms with Gasteiger partial charge in [-0.2, -0.15) is 5.10 Å². The Balaban J connectivity index is 2.68. The molecule has 1 heterocycles.